The molecule has 0 saturated heterocycles. The largest absolute Gasteiger partial charge is 0.395 e. The van der Waals surface area contributed by atoms with Gasteiger partial charge < -0.3 is 5.11 Å². The molecule has 0 saturated carbocycles. The molecule has 3 nitrogen and oxygen atoms in total. The second-order valence-electron chi connectivity index (χ2n) is 4.93. The molecule has 0 fully saturated rings. The van der Waals surface area contributed by atoms with Crippen molar-refractivity contribution in [3.05, 3.63) is 12.2 Å². The number of unbranched alkanes of at least 4 members (excludes halogenated alkanes) is 4. The Kier molecular flexibility index (Phi) is 8.78. The van der Waals surface area contributed by atoms with Crippen molar-refractivity contribution in [3.63, 3.8) is 0 Å². The highest BCUT2D eigenvalue weighted by atomic mass is 16.3. The Morgan fingerprint density at radius 3 is 2.78 bits per heavy atom. The van der Waals surface area contributed by atoms with Gasteiger partial charge in [-0.15, -0.1) is 0 Å². The summed E-state index contributed by atoms with van der Waals surface area (Å²) in [7, 11) is 0. The lowest BCUT2D eigenvalue weighted by Gasteiger charge is -2.21. The number of aliphatic hydroxyl groups is 1. The molecule has 1 atom stereocenters. The third-order valence-corrected chi connectivity index (χ3v) is 3.38. The minimum atomic E-state index is 0.233. The predicted octanol–water partition coefficient (Wildman–Crippen LogP) is 3.00. The Balaban J connectivity index is 2.01. The number of hydrogen-bond acceptors (Lipinski definition) is 3. The summed E-state index contributed by atoms with van der Waals surface area (Å²) in [6, 6.07) is 0. The van der Waals surface area contributed by atoms with E-state index in [0.717, 1.165) is 25.9 Å². The van der Waals surface area contributed by atoms with Crippen molar-refractivity contribution in [3.8, 4) is 0 Å². The van der Waals surface area contributed by atoms with Gasteiger partial charge in [-0.2, -0.15) is 0 Å². The minimum Gasteiger partial charge on any atom is -0.395 e. The van der Waals surface area contributed by atoms with Gasteiger partial charge in [0.1, 0.15) is 6.17 Å². The summed E-state index contributed by atoms with van der Waals surface area (Å²) in [5, 5.41) is 8.95. The standard InChI is InChI=1S/C15H28N2O/c1-2-3-4-5-6-7-8-9-10-15-16-11-12-17(15)13-14-18/h6-7,11,15,18H,2-5,8-10,12-14H2,1H3/b7-6+. The van der Waals surface area contributed by atoms with Gasteiger partial charge in [0.2, 0.25) is 0 Å². The van der Waals surface area contributed by atoms with Crippen molar-refractivity contribution in [2.24, 2.45) is 4.99 Å². The SMILES string of the molecule is CCCCC/C=C/CCCC1N=CCN1CCO. The van der Waals surface area contributed by atoms with Crippen LogP contribution in [0, 0.1) is 0 Å². The smallest absolute Gasteiger partial charge is 0.102 e. The number of hydrogen-bond donors (Lipinski definition) is 1. The number of nitrogens with zero attached hydrogens (tertiary/aromatic N) is 2. The molecule has 0 amide bonds. The topological polar surface area (TPSA) is 35.8 Å². The molecule has 3 heteroatoms. The Morgan fingerprint density at radius 1 is 1.28 bits per heavy atom. The molecule has 0 aliphatic carbocycles. The fourth-order valence-corrected chi connectivity index (χ4v) is 2.28. The van der Waals surface area contributed by atoms with Crippen molar-refractivity contribution in [1.29, 1.82) is 0 Å². The maximum absolute atomic E-state index is 8.95. The second kappa shape index (κ2) is 10.3. The summed E-state index contributed by atoms with van der Waals surface area (Å²) in [5.41, 5.74) is 0. The summed E-state index contributed by atoms with van der Waals surface area (Å²) < 4.78 is 0. The van der Waals surface area contributed by atoms with E-state index in [2.05, 4.69) is 29.0 Å². The molecule has 0 aromatic rings. The van der Waals surface area contributed by atoms with E-state index in [1.165, 1.54) is 32.1 Å². The molecule has 1 unspecified atom stereocenters. The Morgan fingerprint density at radius 2 is 2.06 bits per heavy atom. The van der Waals surface area contributed by atoms with Gasteiger partial charge in [0.15, 0.2) is 0 Å². The van der Waals surface area contributed by atoms with E-state index in [4.69, 9.17) is 5.11 Å². The monoisotopic (exact) mass is 252 g/mol. The van der Waals surface area contributed by atoms with Gasteiger partial charge in [-0.1, -0.05) is 31.9 Å². The highest BCUT2D eigenvalue weighted by Crippen LogP contribution is 2.13. The van der Waals surface area contributed by atoms with Crippen molar-refractivity contribution in [2.45, 2.75) is 58.0 Å². The van der Waals surface area contributed by atoms with Crippen LogP contribution < -0.4 is 0 Å². The van der Waals surface area contributed by atoms with Gasteiger partial charge >= 0.3 is 0 Å². The number of aliphatic imine (C=N–C) groups is 1. The van der Waals surface area contributed by atoms with E-state index in [1.807, 2.05) is 6.21 Å². The van der Waals surface area contributed by atoms with Gasteiger partial charge in [-0.25, -0.2) is 0 Å². The highest BCUT2D eigenvalue weighted by molar-refractivity contribution is 5.62. The van der Waals surface area contributed by atoms with Crippen LogP contribution in [-0.2, 0) is 0 Å². The summed E-state index contributed by atoms with van der Waals surface area (Å²) in [4.78, 5) is 6.70. The molecule has 0 aromatic heterocycles. The van der Waals surface area contributed by atoms with Crippen LogP contribution in [0.3, 0.4) is 0 Å². The van der Waals surface area contributed by atoms with Crippen LogP contribution in [-0.4, -0.2) is 42.1 Å². The molecule has 0 bridgehead atoms. The molecular formula is C15H28N2O. The van der Waals surface area contributed by atoms with Gasteiger partial charge in [-0.3, -0.25) is 9.89 Å². The Hall–Kier alpha value is -0.670. The van der Waals surface area contributed by atoms with E-state index < -0.39 is 0 Å². The molecule has 104 valence electrons. The zero-order chi connectivity index (χ0) is 13.1. The van der Waals surface area contributed by atoms with E-state index in [1.54, 1.807) is 0 Å². The van der Waals surface area contributed by atoms with Crippen LogP contribution in [0.25, 0.3) is 0 Å². The lowest BCUT2D eigenvalue weighted by Crippen LogP contribution is -2.32. The van der Waals surface area contributed by atoms with Crippen molar-refractivity contribution < 1.29 is 5.11 Å². The predicted molar refractivity (Wildman–Crippen MR) is 78.1 cm³/mol. The second-order valence-corrected chi connectivity index (χ2v) is 4.93. The zero-order valence-corrected chi connectivity index (χ0v) is 11.7. The molecule has 1 aliphatic heterocycles. The first-order chi connectivity index (χ1) is 8.88. The van der Waals surface area contributed by atoms with Crippen LogP contribution in [0.2, 0.25) is 0 Å². The average molecular weight is 252 g/mol. The highest BCUT2D eigenvalue weighted by Gasteiger charge is 2.19. The van der Waals surface area contributed by atoms with Crippen LogP contribution >= 0.6 is 0 Å². The van der Waals surface area contributed by atoms with E-state index >= 15 is 0 Å². The van der Waals surface area contributed by atoms with Crippen LogP contribution in [0.1, 0.15) is 51.9 Å². The molecule has 0 spiro atoms. The Labute approximate surface area is 112 Å². The first kappa shape index (κ1) is 15.4. The van der Waals surface area contributed by atoms with E-state index in [0.29, 0.717) is 6.17 Å². The number of allylic oxidation sites excluding steroid dienone is 2. The summed E-state index contributed by atoms with van der Waals surface area (Å²) >= 11 is 0. The van der Waals surface area contributed by atoms with Gasteiger partial charge in [0.05, 0.1) is 6.61 Å². The number of aliphatic hydroxyl groups excluding tert-OH is 1. The van der Waals surface area contributed by atoms with Crippen LogP contribution in [0.15, 0.2) is 17.1 Å². The van der Waals surface area contributed by atoms with Crippen molar-refractivity contribution >= 4 is 6.21 Å². The number of β-amino-alcohol motifs (C(OH)–C–C–N with tert-alkyl or cyclic N) is 1. The van der Waals surface area contributed by atoms with E-state index in [-0.39, 0.29) is 6.61 Å². The first-order valence-electron chi connectivity index (χ1n) is 7.40. The third-order valence-electron chi connectivity index (χ3n) is 3.38. The van der Waals surface area contributed by atoms with Crippen LogP contribution in [0.5, 0.6) is 0 Å². The van der Waals surface area contributed by atoms with Gasteiger partial charge in [0.25, 0.3) is 0 Å². The van der Waals surface area contributed by atoms with Crippen molar-refractivity contribution in [2.75, 3.05) is 19.7 Å². The van der Waals surface area contributed by atoms with Crippen molar-refractivity contribution in [1.82, 2.24) is 4.90 Å². The minimum absolute atomic E-state index is 0.233. The molecule has 1 N–H and O–H groups in total. The lowest BCUT2D eigenvalue weighted by atomic mass is 10.1. The zero-order valence-electron chi connectivity index (χ0n) is 11.7. The lowest BCUT2D eigenvalue weighted by molar-refractivity contribution is 0.177. The molecule has 1 heterocycles. The molecule has 0 aromatic carbocycles. The maximum atomic E-state index is 8.95. The third kappa shape index (κ3) is 6.31. The normalized spacial score (nSPS) is 20.2. The summed E-state index contributed by atoms with van der Waals surface area (Å²) in [6.45, 7) is 4.12. The molecule has 0 radical (unpaired) electrons. The molecule has 1 aliphatic rings. The average Bonchev–Trinajstić information content (AvgIpc) is 2.81. The van der Waals surface area contributed by atoms with E-state index in [9.17, 15) is 0 Å². The Bertz CT molecular complexity index is 251. The fourth-order valence-electron chi connectivity index (χ4n) is 2.28. The fraction of sp³-hybridized carbons (Fsp3) is 0.800. The van der Waals surface area contributed by atoms with Gasteiger partial charge in [-0.05, 0) is 32.1 Å². The van der Waals surface area contributed by atoms with Gasteiger partial charge in [0, 0.05) is 19.3 Å². The number of rotatable bonds is 10. The summed E-state index contributed by atoms with van der Waals surface area (Å²) in [5.74, 6) is 0. The maximum Gasteiger partial charge on any atom is 0.102 e. The molecule has 18 heavy (non-hydrogen) atoms. The van der Waals surface area contributed by atoms with Crippen LogP contribution in [0.4, 0.5) is 0 Å². The first-order valence-corrected chi connectivity index (χ1v) is 7.40. The molecular weight excluding hydrogens is 224 g/mol. The summed E-state index contributed by atoms with van der Waals surface area (Å²) in [6.07, 6.45) is 15.6. The molecule has 1 rings (SSSR count). The quantitative estimate of drug-likeness (QED) is 0.479.